The van der Waals surface area contributed by atoms with Crippen LogP contribution in [-0.2, 0) is 4.79 Å². The minimum absolute atomic E-state index is 0.00304. The van der Waals surface area contributed by atoms with Gasteiger partial charge in [-0.2, -0.15) is 5.10 Å². The Bertz CT molecular complexity index is 976. The topological polar surface area (TPSA) is 106 Å². The fourth-order valence-corrected chi connectivity index (χ4v) is 3.78. The van der Waals surface area contributed by atoms with Gasteiger partial charge in [-0.1, -0.05) is 18.2 Å². The van der Waals surface area contributed by atoms with Gasteiger partial charge in [0.2, 0.25) is 5.91 Å². The van der Waals surface area contributed by atoms with Crippen LogP contribution in [0.3, 0.4) is 0 Å². The van der Waals surface area contributed by atoms with E-state index in [0.29, 0.717) is 12.2 Å². The molecule has 3 atom stereocenters. The molecule has 2 bridgehead atoms. The standard InChI is InChI=1S/C20H19FN4O3/c1-20-10-14(13-4-2-3-5-15(13)28-20)16(19(27)23-20)17(22)24-25-18(26)11-6-8-12(21)9-7-11/h2-9,14,16H,10H2,1H3,(H2,22,24)(H,23,27)(H,25,26). The number of amidine groups is 1. The lowest BCUT2D eigenvalue weighted by Crippen LogP contribution is -2.62. The fourth-order valence-electron chi connectivity index (χ4n) is 3.78. The average molecular weight is 382 g/mol. The van der Waals surface area contributed by atoms with Crippen LogP contribution in [-0.4, -0.2) is 23.4 Å². The van der Waals surface area contributed by atoms with E-state index in [1.807, 2.05) is 31.2 Å². The second-order valence-electron chi connectivity index (χ2n) is 7.13. The first kappa shape index (κ1) is 18.0. The van der Waals surface area contributed by atoms with Crippen LogP contribution in [0.25, 0.3) is 0 Å². The number of amides is 2. The van der Waals surface area contributed by atoms with Gasteiger partial charge in [0.1, 0.15) is 23.3 Å². The first-order valence-corrected chi connectivity index (χ1v) is 8.85. The molecule has 2 amide bonds. The van der Waals surface area contributed by atoms with Crippen molar-refractivity contribution in [3.8, 4) is 5.75 Å². The van der Waals surface area contributed by atoms with E-state index in [1.165, 1.54) is 24.3 Å². The van der Waals surface area contributed by atoms with Crippen LogP contribution in [0.15, 0.2) is 53.6 Å². The van der Waals surface area contributed by atoms with Crippen molar-refractivity contribution in [2.24, 2.45) is 16.8 Å². The van der Waals surface area contributed by atoms with Gasteiger partial charge >= 0.3 is 0 Å². The van der Waals surface area contributed by atoms with E-state index < -0.39 is 23.4 Å². The number of carbonyl (C=O) groups is 2. The molecular formula is C20H19FN4O3. The molecule has 0 spiro atoms. The maximum atomic E-state index is 13.0. The number of piperidine rings is 1. The van der Waals surface area contributed by atoms with Crippen LogP contribution in [0.4, 0.5) is 4.39 Å². The van der Waals surface area contributed by atoms with Gasteiger partial charge in [0.05, 0.1) is 0 Å². The Morgan fingerprint density at radius 3 is 2.75 bits per heavy atom. The highest BCUT2D eigenvalue weighted by atomic mass is 19.1. The van der Waals surface area contributed by atoms with Crippen molar-refractivity contribution in [1.29, 1.82) is 0 Å². The summed E-state index contributed by atoms with van der Waals surface area (Å²) in [5.41, 5.74) is 8.73. The molecule has 0 aromatic heterocycles. The number of hydrogen-bond acceptors (Lipinski definition) is 4. The smallest absolute Gasteiger partial charge is 0.271 e. The molecule has 2 aromatic carbocycles. The summed E-state index contributed by atoms with van der Waals surface area (Å²) in [5.74, 6) is -1.59. The van der Waals surface area contributed by atoms with Crippen molar-refractivity contribution in [2.75, 3.05) is 0 Å². The normalized spacial score (nSPS) is 25.9. The van der Waals surface area contributed by atoms with Crippen molar-refractivity contribution in [3.63, 3.8) is 0 Å². The summed E-state index contributed by atoms with van der Waals surface area (Å²) < 4.78 is 18.9. The molecule has 0 radical (unpaired) electrons. The number of hydrogen-bond donors (Lipinski definition) is 3. The molecule has 144 valence electrons. The number of halogens is 1. The Morgan fingerprint density at radius 2 is 2.00 bits per heavy atom. The van der Waals surface area contributed by atoms with E-state index >= 15 is 0 Å². The number of carbonyl (C=O) groups excluding carboxylic acids is 2. The average Bonchev–Trinajstić information content (AvgIpc) is 2.65. The molecule has 8 heteroatoms. The van der Waals surface area contributed by atoms with Crippen LogP contribution >= 0.6 is 0 Å². The van der Waals surface area contributed by atoms with E-state index in [-0.39, 0.29) is 23.2 Å². The molecule has 2 aromatic rings. The summed E-state index contributed by atoms with van der Waals surface area (Å²) in [4.78, 5) is 24.9. The molecular weight excluding hydrogens is 363 g/mol. The predicted molar refractivity (Wildman–Crippen MR) is 100.0 cm³/mol. The van der Waals surface area contributed by atoms with Crippen molar-refractivity contribution >= 4 is 17.6 Å². The van der Waals surface area contributed by atoms with E-state index in [9.17, 15) is 14.0 Å². The second kappa shape index (κ2) is 6.63. The Kier molecular flexibility index (Phi) is 4.26. The number of benzene rings is 2. The van der Waals surface area contributed by atoms with Crippen molar-refractivity contribution in [2.45, 2.75) is 25.0 Å². The number of hydrazone groups is 1. The van der Waals surface area contributed by atoms with E-state index in [4.69, 9.17) is 10.5 Å². The fraction of sp³-hybridized carbons (Fsp3) is 0.250. The minimum atomic E-state index is -0.815. The number of nitrogens with zero attached hydrogens (tertiary/aromatic N) is 1. The number of para-hydroxylation sites is 1. The van der Waals surface area contributed by atoms with Gasteiger partial charge in [0.15, 0.2) is 5.72 Å². The highest BCUT2D eigenvalue weighted by Crippen LogP contribution is 2.46. The first-order valence-electron chi connectivity index (χ1n) is 8.85. The number of ether oxygens (including phenoxy) is 1. The number of rotatable bonds is 3. The number of nitrogens with one attached hydrogen (secondary N) is 2. The lowest BCUT2D eigenvalue weighted by molar-refractivity contribution is -0.136. The zero-order valence-electron chi connectivity index (χ0n) is 15.1. The van der Waals surface area contributed by atoms with Crippen LogP contribution in [0.2, 0.25) is 0 Å². The molecule has 2 heterocycles. The van der Waals surface area contributed by atoms with Gasteiger partial charge < -0.3 is 15.8 Å². The van der Waals surface area contributed by atoms with Crippen molar-refractivity contribution < 1.29 is 18.7 Å². The monoisotopic (exact) mass is 382 g/mol. The third-order valence-corrected chi connectivity index (χ3v) is 5.05. The van der Waals surface area contributed by atoms with Gasteiger partial charge in [-0.3, -0.25) is 9.59 Å². The quantitative estimate of drug-likeness (QED) is 0.428. The number of nitrogens with two attached hydrogens (primary N) is 1. The summed E-state index contributed by atoms with van der Waals surface area (Å²) in [6.07, 6.45) is 0.530. The number of fused-ring (bicyclic) bond motifs is 4. The largest absolute Gasteiger partial charge is 0.468 e. The highest BCUT2D eigenvalue weighted by Gasteiger charge is 2.50. The molecule has 2 aliphatic rings. The van der Waals surface area contributed by atoms with E-state index in [2.05, 4.69) is 15.8 Å². The highest BCUT2D eigenvalue weighted by molar-refractivity contribution is 6.05. The maximum Gasteiger partial charge on any atom is 0.271 e. The van der Waals surface area contributed by atoms with Gasteiger partial charge in [-0.25, -0.2) is 9.82 Å². The second-order valence-corrected chi connectivity index (χ2v) is 7.13. The molecule has 28 heavy (non-hydrogen) atoms. The molecule has 0 saturated carbocycles. The SMILES string of the molecule is CC12CC(c3ccccc3O1)C(/C(N)=N/NC(=O)c1ccc(F)cc1)C(=O)N2. The van der Waals surface area contributed by atoms with Gasteiger partial charge in [0, 0.05) is 17.9 Å². The van der Waals surface area contributed by atoms with Crippen LogP contribution < -0.4 is 21.2 Å². The lowest BCUT2D eigenvalue weighted by Gasteiger charge is -2.46. The Labute approximate surface area is 160 Å². The maximum absolute atomic E-state index is 13.0. The van der Waals surface area contributed by atoms with Gasteiger partial charge in [-0.05, 0) is 42.8 Å². The third kappa shape index (κ3) is 3.17. The first-order chi connectivity index (χ1) is 13.4. The molecule has 0 aliphatic carbocycles. The zero-order valence-corrected chi connectivity index (χ0v) is 15.1. The third-order valence-electron chi connectivity index (χ3n) is 5.05. The molecule has 4 rings (SSSR count). The summed E-state index contributed by atoms with van der Waals surface area (Å²) in [5, 5.41) is 6.78. The van der Waals surface area contributed by atoms with Crippen LogP contribution in [0, 0.1) is 11.7 Å². The van der Waals surface area contributed by atoms with Crippen LogP contribution in [0.5, 0.6) is 5.75 Å². The molecule has 7 nitrogen and oxygen atoms in total. The van der Waals surface area contributed by atoms with Gasteiger partial charge in [0.25, 0.3) is 5.91 Å². The Morgan fingerprint density at radius 1 is 1.29 bits per heavy atom. The molecule has 1 fully saturated rings. The summed E-state index contributed by atoms with van der Waals surface area (Å²) in [7, 11) is 0. The molecule has 2 aliphatic heterocycles. The van der Waals surface area contributed by atoms with E-state index in [1.54, 1.807) is 0 Å². The van der Waals surface area contributed by atoms with E-state index in [0.717, 1.165) is 5.56 Å². The molecule has 1 saturated heterocycles. The zero-order chi connectivity index (χ0) is 19.9. The van der Waals surface area contributed by atoms with Crippen molar-refractivity contribution in [1.82, 2.24) is 10.7 Å². The predicted octanol–water partition coefficient (Wildman–Crippen LogP) is 1.86. The Balaban J connectivity index is 1.59. The summed E-state index contributed by atoms with van der Waals surface area (Å²) >= 11 is 0. The Hall–Kier alpha value is -3.42. The van der Waals surface area contributed by atoms with Crippen LogP contribution in [0.1, 0.15) is 35.2 Å². The molecule has 3 unspecified atom stereocenters. The molecule has 4 N–H and O–H groups in total. The summed E-state index contributed by atoms with van der Waals surface area (Å²) in [6, 6.07) is 12.5. The van der Waals surface area contributed by atoms with Gasteiger partial charge in [-0.15, -0.1) is 0 Å². The minimum Gasteiger partial charge on any atom is -0.468 e. The lowest BCUT2D eigenvalue weighted by atomic mass is 9.74. The van der Waals surface area contributed by atoms with Crippen molar-refractivity contribution in [3.05, 3.63) is 65.5 Å². The summed E-state index contributed by atoms with van der Waals surface area (Å²) in [6.45, 7) is 1.81.